The lowest BCUT2D eigenvalue weighted by Gasteiger charge is -2.22. The average molecular weight is 443 g/mol. The van der Waals surface area contributed by atoms with E-state index in [0.717, 1.165) is 23.8 Å². The summed E-state index contributed by atoms with van der Waals surface area (Å²) in [7, 11) is 0. The number of fused-ring (bicyclic) bond motifs is 2. The highest BCUT2D eigenvalue weighted by Gasteiger charge is 2.42. The molecule has 168 valence electrons. The van der Waals surface area contributed by atoms with E-state index in [-0.39, 0.29) is 24.7 Å². The van der Waals surface area contributed by atoms with Crippen molar-refractivity contribution in [1.82, 2.24) is 9.88 Å². The van der Waals surface area contributed by atoms with Crippen molar-refractivity contribution < 1.29 is 18.0 Å². The summed E-state index contributed by atoms with van der Waals surface area (Å²) >= 11 is 0. The summed E-state index contributed by atoms with van der Waals surface area (Å²) in [5, 5.41) is 12.9. The van der Waals surface area contributed by atoms with Crippen LogP contribution in [-0.2, 0) is 17.8 Å². The molecule has 32 heavy (non-hydrogen) atoms. The Labute approximate surface area is 183 Å². The standard InChI is InChI=1S/C24H24F3N3O2/c25-20-10-15(18-4-6-23(32)30(12-18)13-22(26)27)1-2-16(20)7-14(11-28)8-21(31)24-17-3-5-19(9-17)29-24/h1-2,4,6,10,12,14,17,19,22,24,29H,3,5,7-9,13H2/t14-,17+,19-,24+/m1/s1. The number of alkyl halides is 2. The lowest BCUT2D eigenvalue weighted by molar-refractivity contribution is -0.122. The zero-order valence-electron chi connectivity index (χ0n) is 17.4. The van der Waals surface area contributed by atoms with Gasteiger partial charge < -0.3 is 9.88 Å². The van der Waals surface area contributed by atoms with Crippen LogP contribution >= 0.6 is 0 Å². The summed E-state index contributed by atoms with van der Waals surface area (Å²) < 4.78 is 41.0. The summed E-state index contributed by atoms with van der Waals surface area (Å²) in [6, 6.07) is 9.38. The number of halogens is 3. The fraction of sp³-hybridized carbons (Fsp3) is 0.458. The smallest absolute Gasteiger partial charge is 0.256 e. The van der Waals surface area contributed by atoms with Gasteiger partial charge in [0, 0.05) is 24.7 Å². The topological polar surface area (TPSA) is 74.9 Å². The molecule has 4 rings (SSSR count). The lowest BCUT2D eigenvalue weighted by Crippen LogP contribution is -2.42. The van der Waals surface area contributed by atoms with E-state index in [9.17, 15) is 28.0 Å². The number of rotatable bonds is 8. The Balaban J connectivity index is 1.45. The molecule has 1 N–H and O–H groups in total. The number of pyridine rings is 1. The average Bonchev–Trinajstić information content (AvgIpc) is 3.39. The van der Waals surface area contributed by atoms with Gasteiger partial charge in [-0.1, -0.05) is 12.1 Å². The van der Waals surface area contributed by atoms with Gasteiger partial charge in [-0.25, -0.2) is 13.2 Å². The van der Waals surface area contributed by atoms with Crippen molar-refractivity contribution in [3.63, 3.8) is 0 Å². The normalized spacial score (nSPS) is 22.8. The third kappa shape index (κ3) is 4.78. The molecule has 0 amide bonds. The van der Waals surface area contributed by atoms with Crippen molar-refractivity contribution in [3.8, 4) is 17.2 Å². The number of aromatic nitrogens is 1. The summed E-state index contributed by atoms with van der Waals surface area (Å²) in [5.41, 5.74) is 0.627. The van der Waals surface area contributed by atoms with Crippen LogP contribution in [0.5, 0.6) is 0 Å². The largest absolute Gasteiger partial charge is 0.309 e. The molecule has 1 aliphatic carbocycles. The fourth-order valence-corrected chi connectivity index (χ4v) is 4.90. The minimum Gasteiger partial charge on any atom is -0.309 e. The Kier molecular flexibility index (Phi) is 6.47. The minimum atomic E-state index is -2.68. The molecule has 4 atom stereocenters. The van der Waals surface area contributed by atoms with Crippen molar-refractivity contribution in [2.24, 2.45) is 11.8 Å². The zero-order chi connectivity index (χ0) is 22.8. The Morgan fingerprint density at radius 2 is 2.00 bits per heavy atom. The maximum atomic E-state index is 14.8. The summed E-state index contributed by atoms with van der Waals surface area (Å²) in [4.78, 5) is 24.4. The molecule has 1 aromatic heterocycles. The SMILES string of the molecule is N#C[C@@H](CC(=O)[C@H]1N[C@@H]2CC[C@H]1C2)Cc1ccc(-c2ccc(=O)n(CC(F)F)c2)cc1F. The van der Waals surface area contributed by atoms with Gasteiger partial charge in [0.05, 0.1) is 24.6 Å². The number of benzene rings is 1. The van der Waals surface area contributed by atoms with Crippen LogP contribution in [0.15, 0.2) is 41.3 Å². The molecule has 5 nitrogen and oxygen atoms in total. The first-order valence-corrected chi connectivity index (χ1v) is 10.8. The maximum absolute atomic E-state index is 14.8. The van der Waals surface area contributed by atoms with Gasteiger partial charge in [-0.15, -0.1) is 0 Å². The molecule has 0 radical (unpaired) electrons. The van der Waals surface area contributed by atoms with Gasteiger partial charge in [-0.3, -0.25) is 9.59 Å². The van der Waals surface area contributed by atoms with Crippen molar-refractivity contribution in [3.05, 3.63) is 58.3 Å². The number of Topliss-reactive ketones (excluding diaryl/α,β-unsaturated/α-hetero) is 1. The first-order valence-electron chi connectivity index (χ1n) is 10.8. The van der Waals surface area contributed by atoms with E-state index in [1.54, 1.807) is 6.07 Å². The Morgan fingerprint density at radius 3 is 2.62 bits per heavy atom. The van der Waals surface area contributed by atoms with E-state index in [2.05, 4.69) is 11.4 Å². The van der Waals surface area contributed by atoms with Gasteiger partial charge >= 0.3 is 0 Å². The van der Waals surface area contributed by atoms with Crippen molar-refractivity contribution >= 4 is 5.78 Å². The fourth-order valence-electron chi connectivity index (χ4n) is 4.90. The molecule has 1 aromatic carbocycles. The highest BCUT2D eigenvalue weighted by Crippen LogP contribution is 2.36. The molecular formula is C24H24F3N3O2. The van der Waals surface area contributed by atoms with E-state index in [4.69, 9.17) is 0 Å². The molecule has 1 saturated heterocycles. The lowest BCUT2D eigenvalue weighted by atomic mass is 9.88. The van der Waals surface area contributed by atoms with Crippen LogP contribution in [0.3, 0.4) is 0 Å². The van der Waals surface area contributed by atoms with E-state index in [0.29, 0.717) is 28.7 Å². The third-order valence-corrected chi connectivity index (χ3v) is 6.51. The van der Waals surface area contributed by atoms with E-state index >= 15 is 0 Å². The third-order valence-electron chi connectivity index (χ3n) is 6.51. The minimum absolute atomic E-state index is 0.0158. The monoisotopic (exact) mass is 443 g/mol. The van der Waals surface area contributed by atoms with Gasteiger partial charge in [-0.05, 0) is 60.4 Å². The molecule has 0 unspecified atom stereocenters. The Morgan fingerprint density at radius 1 is 1.22 bits per heavy atom. The van der Waals surface area contributed by atoms with Gasteiger partial charge in [0.25, 0.3) is 12.0 Å². The van der Waals surface area contributed by atoms with Gasteiger partial charge in [0.1, 0.15) is 5.82 Å². The van der Waals surface area contributed by atoms with Crippen molar-refractivity contribution in [2.75, 3.05) is 0 Å². The second kappa shape index (κ2) is 9.29. The van der Waals surface area contributed by atoms with Crippen LogP contribution in [0.25, 0.3) is 11.1 Å². The van der Waals surface area contributed by atoms with Gasteiger partial charge in [-0.2, -0.15) is 5.26 Å². The Hall–Kier alpha value is -2.92. The number of nitriles is 1. The first-order chi connectivity index (χ1) is 15.3. The number of nitrogens with zero attached hydrogens (tertiary/aromatic N) is 2. The summed E-state index contributed by atoms with van der Waals surface area (Å²) in [5.74, 6) is -0.810. The molecule has 0 spiro atoms. The number of piperidine rings is 1. The van der Waals surface area contributed by atoms with Gasteiger partial charge in [0.15, 0.2) is 5.78 Å². The predicted octanol–water partition coefficient (Wildman–Crippen LogP) is 3.70. The van der Waals surface area contributed by atoms with Crippen LogP contribution in [0, 0.1) is 29.0 Å². The number of ketones is 1. The van der Waals surface area contributed by atoms with Crippen LogP contribution in [-0.4, -0.2) is 28.9 Å². The van der Waals surface area contributed by atoms with Crippen molar-refractivity contribution in [2.45, 2.75) is 57.2 Å². The number of hydrogen-bond donors (Lipinski definition) is 1. The zero-order valence-corrected chi connectivity index (χ0v) is 17.4. The molecule has 1 saturated carbocycles. The Bertz CT molecular complexity index is 1110. The number of hydrogen-bond acceptors (Lipinski definition) is 4. The molecule has 2 fully saturated rings. The molecule has 2 heterocycles. The molecular weight excluding hydrogens is 419 g/mol. The van der Waals surface area contributed by atoms with E-state index < -0.39 is 30.3 Å². The highest BCUT2D eigenvalue weighted by molar-refractivity contribution is 5.85. The predicted molar refractivity (Wildman–Crippen MR) is 113 cm³/mol. The molecule has 8 heteroatoms. The first kappa shape index (κ1) is 22.3. The molecule has 2 aliphatic rings. The number of carbonyl (C=O) groups excluding carboxylic acids is 1. The van der Waals surface area contributed by atoms with E-state index in [1.165, 1.54) is 30.5 Å². The van der Waals surface area contributed by atoms with Gasteiger partial charge in [0.2, 0.25) is 0 Å². The van der Waals surface area contributed by atoms with E-state index in [1.807, 2.05) is 0 Å². The second-order valence-electron chi connectivity index (χ2n) is 8.72. The molecule has 2 bridgehead atoms. The number of nitrogens with one attached hydrogen (secondary N) is 1. The van der Waals surface area contributed by atoms with Crippen LogP contribution in [0.1, 0.15) is 31.2 Å². The van der Waals surface area contributed by atoms with Crippen LogP contribution in [0.4, 0.5) is 13.2 Å². The molecule has 1 aliphatic heterocycles. The molecule has 2 aromatic rings. The summed E-state index contributed by atoms with van der Waals surface area (Å²) in [6.45, 7) is -0.734. The number of carbonyl (C=O) groups is 1. The van der Waals surface area contributed by atoms with Crippen molar-refractivity contribution in [1.29, 1.82) is 5.26 Å². The summed E-state index contributed by atoms with van der Waals surface area (Å²) in [6.07, 6.45) is 1.93. The highest BCUT2D eigenvalue weighted by atomic mass is 19.3. The maximum Gasteiger partial charge on any atom is 0.256 e. The van der Waals surface area contributed by atoms with Crippen LogP contribution in [0.2, 0.25) is 0 Å². The van der Waals surface area contributed by atoms with Crippen LogP contribution < -0.4 is 10.9 Å². The quantitative estimate of drug-likeness (QED) is 0.675. The second-order valence-corrected chi connectivity index (χ2v) is 8.72.